The molecule has 33 heavy (non-hydrogen) atoms. The van der Waals surface area contributed by atoms with Crippen LogP contribution in [-0.2, 0) is 14.4 Å². The Balaban J connectivity index is 0.00000259. The number of aromatic nitrogens is 4. The maximum absolute atomic E-state index is 12.9. The monoisotopic (exact) mass is 533 g/mol. The quantitative estimate of drug-likeness (QED) is 0.215. The number of amides is 2. The summed E-state index contributed by atoms with van der Waals surface area (Å²) >= 11 is 5.25. The fourth-order valence-corrected chi connectivity index (χ4v) is 7.86. The molecule has 5 heterocycles. The van der Waals surface area contributed by atoms with E-state index in [1.54, 1.807) is 4.90 Å². The SMILES string of the molecule is Cc1nnc(SCC2=C(C(=O)[O-])N3C(=O)[C@@H]4[C@H]3C2CCN4C(=O)CSc2nnc(N)s2)s1.[Na+]. The van der Waals surface area contributed by atoms with E-state index in [1.807, 2.05) is 6.92 Å². The summed E-state index contributed by atoms with van der Waals surface area (Å²) < 4.78 is 1.33. The number of hydrogen-bond donors (Lipinski definition) is 1. The average Bonchev–Trinajstić information content (AvgIpc) is 3.45. The van der Waals surface area contributed by atoms with Gasteiger partial charge >= 0.3 is 29.6 Å². The van der Waals surface area contributed by atoms with E-state index in [0.29, 0.717) is 33.8 Å². The van der Waals surface area contributed by atoms with Crippen molar-refractivity contribution in [1.29, 1.82) is 0 Å². The number of carboxylic acids is 1. The van der Waals surface area contributed by atoms with Crippen molar-refractivity contribution < 1.29 is 49.0 Å². The zero-order valence-corrected chi connectivity index (χ0v) is 22.9. The number of aliphatic carboxylic acids is 1. The molecule has 2 amide bonds. The normalized spacial score (nSPS) is 23.3. The van der Waals surface area contributed by atoms with Crippen LogP contribution in [-0.4, -0.2) is 78.1 Å². The topological polar surface area (TPSA) is 158 Å². The van der Waals surface area contributed by atoms with Gasteiger partial charge in [-0.3, -0.25) is 9.59 Å². The van der Waals surface area contributed by atoms with E-state index in [1.165, 1.54) is 51.1 Å². The molecule has 16 heteroatoms. The molecule has 5 rings (SSSR count). The summed E-state index contributed by atoms with van der Waals surface area (Å²) in [4.78, 5) is 40.6. The van der Waals surface area contributed by atoms with Gasteiger partial charge in [-0.15, -0.1) is 20.4 Å². The second-order valence-electron chi connectivity index (χ2n) is 7.36. The first-order valence-corrected chi connectivity index (χ1v) is 13.2. The largest absolute Gasteiger partial charge is 1.00 e. The molecule has 0 spiro atoms. The van der Waals surface area contributed by atoms with E-state index in [-0.39, 0.29) is 64.8 Å². The summed E-state index contributed by atoms with van der Waals surface area (Å²) in [6.45, 7) is 2.23. The number of carbonyl (C=O) groups excluding carboxylic acids is 3. The number of likely N-dealkylation sites (tertiary alicyclic amines) is 1. The summed E-state index contributed by atoms with van der Waals surface area (Å²) in [6.07, 6.45) is 0.578. The van der Waals surface area contributed by atoms with Crippen molar-refractivity contribution in [2.75, 3.05) is 23.8 Å². The average molecular weight is 534 g/mol. The summed E-state index contributed by atoms with van der Waals surface area (Å²) in [5.74, 6) is -1.55. The van der Waals surface area contributed by atoms with Crippen LogP contribution in [0.5, 0.6) is 0 Å². The summed E-state index contributed by atoms with van der Waals surface area (Å²) in [5, 5.41) is 28.7. The van der Waals surface area contributed by atoms with E-state index < -0.39 is 12.0 Å². The molecule has 168 valence electrons. The van der Waals surface area contributed by atoms with Crippen LogP contribution in [0.4, 0.5) is 5.13 Å². The van der Waals surface area contributed by atoms with Crippen LogP contribution >= 0.6 is 46.2 Å². The van der Waals surface area contributed by atoms with Gasteiger partial charge in [0.1, 0.15) is 11.0 Å². The first-order valence-electron chi connectivity index (χ1n) is 9.56. The number of carbonyl (C=O) groups is 3. The van der Waals surface area contributed by atoms with Gasteiger partial charge in [0.15, 0.2) is 8.68 Å². The Kier molecular flexibility index (Phi) is 7.38. The minimum Gasteiger partial charge on any atom is -0.543 e. The molecule has 2 fully saturated rings. The molecule has 2 N–H and O–H groups in total. The standard InChI is InChI=1S/C17H17N7O4S4.Na/c1-6-19-21-16(31-6)29-4-8-7-2-3-23(9(25)5-30-17-22-20-15(18)32-17)12-10(7)24(13(12)26)11(8)14(27)28;/h7,10,12H,2-5H2,1H3,(H2,18,20)(H,27,28);/q;+1/p-1/t7?,10-,12+;/m1./s1. The van der Waals surface area contributed by atoms with Gasteiger partial charge < -0.3 is 25.4 Å². The molecule has 3 aliphatic rings. The number of nitrogens with zero attached hydrogens (tertiary/aromatic N) is 6. The van der Waals surface area contributed by atoms with Crippen molar-refractivity contribution in [3.8, 4) is 0 Å². The van der Waals surface area contributed by atoms with Gasteiger partial charge in [-0.2, -0.15) is 0 Å². The molecule has 0 saturated carbocycles. The first-order chi connectivity index (χ1) is 15.3. The van der Waals surface area contributed by atoms with Crippen LogP contribution < -0.4 is 40.4 Å². The number of carboxylic acid groups (broad SMARTS) is 1. The molecule has 3 aliphatic heterocycles. The predicted molar refractivity (Wildman–Crippen MR) is 117 cm³/mol. The van der Waals surface area contributed by atoms with Crippen LogP contribution in [0, 0.1) is 12.8 Å². The zero-order chi connectivity index (χ0) is 22.6. The number of nitrogen functional groups attached to an aromatic ring is 1. The Morgan fingerprint density at radius 1 is 1.18 bits per heavy atom. The maximum atomic E-state index is 12.9. The maximum Gasteiger partial charge on any atom is 1.00 e. The molecular weight excluding hydrogens is 517 g/mol. The molecular formula is C17H16N7NaO4S4. The van der Waals surface area contributed by atoms with E-state index in [0.717, 1.165) is 9.35 Å². The summed E-state index contributed by atoms with van der Waals surface area (Å²) in [5.41, 5.74) is 6.19. The molecule has 0 aromatic carbocycles. The van der Waals surface area contributed by atoms with Crippen molar-refractivity contribution >= 4 is 69.1 Å². The molecule has 0 radical (unpaired) electrons. The van der Waals surface area contributed by atoms with Crippen molar-refractivity contribution in [2.45, 2.75) is 34.1 Å². The minimum atomic E-state index is -1.36. The molecule has 0 aliphatic carbocycles. The molecule has 2 aromatic rings. The van der Waals surface area contributed by atoms with Crippen LogP contribution in [0.1, 0.15) is 11.4 Å². The number of piperidine rings is 1. The van der Waals surface area contributed by atoms with E-state index in [2.05, 4.69) is 20.4 Å². The molecule has 11 nitrogen and oxygen atoms in total. The second kappa shape index (κ2) is 9.79. The Hall–Kier alpha value is -1.23. The minimum absolute atomic E-state index is 0. The third-order valence-electron chi connectivity index (χ3n) is 5.65. The summed E-state index contributed by atoms with van der Waals surface area (Å²) in [6, 6.07) is -1.01. The van der Waals surface area contributed by atoms with Crippen LogP contribution in [0.2, 0.25) is 0 Å². The number of β-lactam (4-membered cyclic amide) rings is 1. The van der Waals surface area contributed by atoms with Crippen LogP contribution in [0.15, 0.2) is 19.9 Å². The van der Waals surface area contributed by atoms with E-state index in [4.69, 9.17) is 5.73 Å². The van der Waals surface area contributed by atoms with Gasteiger partial charge in [0, 0.05) is 18.2 Å². The van der Waals surface area contributed by atoms with Gasteiger partial charge in [0.2, 0.25) is 11.0 Å². The van der Waals surface area contributed by atoms with Crippen molar-refractivity contribution in [3.63, 3.8) is 0 Å². The number of aryl methyl sites for hydroxylation is 1. The number of rotatable bonds is 7. The molecule has 1 unspecified atom stereocenters. The van der Waals surface area contributed by atoms with Crippen molar-refractivity contribution in [3.05, 3.63) is 16.3 Å². The molecule has 2 saturated heterocycles. The van der Waals surface area contributed by atoms with Gasteiger partial charge in [-0.25, -0.2) is 0 Å². The summed E-state index contributed by atoms with van der Waals surface area (Å²) in [7, 11) is 0. The van der Waals surface area contributed by atoms with Gasteiger partial charge in [-0.05, 0) is 18.9 Å². The van der Waals surface area contributed by atoms with Crippen LogP contribution in [0.25, 0.3) is 0 Å². The second-order valence-corrected chi connectivity index (χ2v) is 12.0. The number of hydrogen-bond acceptors (Lipinski definition) is 13. The third-order valence-corrected chi connectivity index (χ3v) is 9.54. The predicted octanol–water partition coefficient (Wildman–Crippen LogP) is -3.39. The third kappa shape index (κ3) is 4.44. The number of anilines is 1. The molecule has 0 bridgehead atoms. The first kappa shape index (κ1) is 24.9. The Morgan fingerprint density at radius 3 is 2.55 bits per heavy atom. The number of thioether (sulfide) groups is 2. The molecule has 2 aromatic heterocycles. The van der Waals surface area contributed by atoms with Crippen LogP contribution in [0.3, 0.4) is 0 Å². The smallest absolute Gasteiger partial charge is 0.543 e. The van der Waals surface area contributed by atoms with E-state index >= 15 is 0 Å². The zero-order valence-electron chi connectivity index (χ0n) is 17.6. The van der Waals surface area contributed by atoms with Crippen molar-refractivity contribution in [2.24, 2.45) is 5.92 Å². The van der Waals surface area contributed by atoms with Crippen molar-refractivity contribution in [1.82, 2.24) is 30.2 Å². The van der Waals surface area contributed by atoms with E-state index in [9.17, 15) is 19.5 Å². The van der Waals surface area contributed by atoms with Gasteiger partial charge in [0.25, 0.3) is 5.91 Å². The number of nitrogens with two attached hydrogens (primary N) is 1. The molecule has 3 atom stereocenters. The Labute approximate surface area is 226 Å². The fourth-order valence-electron chi connectivity index (χ4n) is 4.42. The van der Waals surface area contributed by atoms with Gasteiger partial charge in [-0.1, -0.05) is 46.2 Å². The Bertz CT molecular complexity index is 1150. The fraction of sp³-hybridized carbons (Fsp3) is 0.471. The Morgan fingerprint density at radius 2 is 1.91 bits per heavy atom. The van der Waals surface area contributed by atoms with Gasteiger partial charge in [0.05, 0.1) is 23.5 Å².